The number of hydrogen-bond acceptors (Lipinski definition) is 7. The van der Waals surface area contributed by atoms with Crippen LogP contribution in [0.5, 0.6) is 0 Å². The number of rotatable bonds is 7. The molecule has 0 saturated heterocycles. The molecule has 0 aliphatic carbocycles. The quantitative estimate of drug-likeness (QED) is 0.207. The maximum Gasteiger partial charge on any atom is 0.309 e. The molecule has 1 aromatic heterocycles. The van der Waals surface area contributed by atoms with Crippen LogP contribution in [0.25, 0.3) is 6.08 Å². The molecule has 0 aromatic carbocycles. The number of allylic oxidation sites excluding steroid dienone is 1. The summed E-state index contributed by atoms with van der Waals surface area (Å²) in [5.41, 5.74) is 1.89. The van der Waals surface area contributed by atoms with E-state index < -0.39 is 35.6 Å². The smallest absolute Gasteiger partial charge is 0.309 e. The molecule has 2 N–H and O–H groups in total. The molecule has 5 atom stereocenters. The van der Waals surface area contributed by atoms with Crippen LogP contribution < -0.4 is 0 Å². The SMILES string of the molecule is CCCCCC/C1=C/CC(/C(C)=C\c2csc(C)n2)OC(=O)CC(O)C(C)(C)C(=O)[C@H](C)[C@@H](O)[C@@H](C)CCC1. The average molecular weight is 562 g/mol. The van der Waals surface area contributed by atoms with Crippen LogP contribution in [0, 0.1) is 24.2 Å². The summed E-state index contributed by atoms with van der Waals surface area (Å²) in [6.07, 6.45) is 10.3. The first-order valence-electron chi connectivity index (χ1n) is 14.7. The van der Waals surface area contributed by atoms with Crippen LogP contribution in [0.15, 0.2) is 22.6 Å². The normalized spacial score (nSPS) is 29.5. The van der Waals surface area contributed by atoms with E-state index in [4.69, 9.17) is 4.74 Å². The second-order valence-corrected chi connectivity index (χ2v) is 13.1. The molecule has 1 aliphatic heterocycles. The van der Waals surface area contributed by atoms with Crippen molar-refractivity contribution in [1.29, 1.82) is 0 Å². The number of cyclic esters (lactones) is 1. The van der Waals surface area contributed by atoms with E-state index in [1.54, 1.807) is 32.1 Å². The van der Waals surface area contributed by atoms with Crippen LogP contribution in [0.4, 0.5) is 0 Å². The van der Waals surface area contributed by atoms with E-state index in [9.17, 15) is 19.8 Å². The van der Waals surface area contributed by atoms with Gasteiger partial charge in [0.05, 0.1) is 34.7 Å². The first-order valence-corrected chi connectivity index (χ1v) is 15.6. The van der Waals surface area contributed by atoms with Gasteiger partial charge < -0.3 is 14.9 Å². The van der Waals surface area contributed by atoms with Crippen LogP contribution in [0.3, 0.4) is 0 Å². The van der Waals surface area contributed by atoms with Crippen molar-refractivity contribution in [2.24, 2.45) is 17.3 Å². The highest BCUT2D eigenvalue weighted by molar-refractivity contribution is 7.09. The Bertz CT molecular complexity index is 994. The number of Topliss-reactive ketones (excluding diaryl/α,β-unsaturated/α-hetero) is 1. The monoisotopic (exact) mass is 561 g/mol. The van der Waals surface area contributed by atoms with Gasteiger partial charge in [-0.05, 0) is 63.5 Å². The average Bonchev–Trinajstić information content (AvgIpc) is 3.30. The van der Waals surface area contributed by atoms with Gasteiger partial charge in [0.15, 0.2) is 0 Å². The Hall–Kier alpha value is -1.83. The van der Waals surface area contributed by atoms with Crippen molar-refractivity contribution in [3.05, 3.63) is 33.3 Å². The number of thiazole rings is 1. The zero-order valence-corrected chi connectivity index (χ0v) is 26.0. The summed E-state index contributed by atoms with van der Waals surface area (Å²) in [6, 6.07) is 0. The minimum atomic E-state index is -1.22. The lowest BCUT2D eigenvalue weighted by atomic mass is 9.73. The minimum absolute atomic E-state index is 0.0457. The van der Waals surface area contributed by atoms with Crippen LogP contribution >= 0.6 is 11.3 Å². The Kier molecular flexibility index (Phi) is 13.5. The first-order chi connectivity index (χ1) is 18.4. The summed E-state index contributed by atoms with van der Waals surface area (Å²) in [5, 5.41) is 24.9. The number of carbonyl (C=O) groups is 2. The summed E-state index contributed by atoms with van der Waals surface area (Å²) in [5.74, 6) is -1.47. The van der Waals surface area contributed by atoms with Gasteiger partial charge in [0.1, 0.15) is 11.9 Å². The number of carbonyl (C=O) groups excluding carboxylic acids is 2. The van der Waals surface area contributed by atoms with Crippen molar-refractivity contribution >= 4 is 29.2 Å². The molecule has 0 spiro atoms. The van der Waals surface area contributed by atoms with Crippen LogP contribution in [-0.4, -0.2) is 45.3 Å². The van der Waals surface area contributed by atoms with Crippen LogP contribution in [0.1, 0.15) is 116 Å². The lowest BCUT2D eigenvalue weighted by Crippen LogP contribution is -2.45. The lowest BCUT2D eigenvalue weighted by molar-refractivity contribution is -0.154. The third kappa shape index (κ3) is 10.3. The third-order valence-electron chi connectivity index (χ3n) is 8.26. The molecule has 0 amide bonds. The summed E-state index contributed by atoms with van der Waals surface area (Å²) in [7, 11) is 0. The van der Waals surface area contributed by atoms with Gasteiger partial charge in [0, 0.05) is 17.7 Å². The largest absolute Gasteiger partial charge is 0.457 e. The van der Waals surface area contributed by atoms with Gasteiger partial charge in [-0.25, -0.2) is 4.98 Å². The van der Waals surface area contributed by atoms with Gasteiger partial charge in [-0.3, -0.25) is 9.59 Å². The van der Waals surface area contributed by atoms with Crippen molar-refractivity contribution in [1.82, 2.24) is 4.98 Å². The molecule has 39 heavy (non-hydrogen) atoms. The number of aromatic nitrogens is 1. The van der Waals surface area contributed by atoms with Gasteiger partial charge >= 0.3 is 5.97 Å². The van der Waals surface area contributed by atoms with E-state index in [1.807, 2.05) is 32.2 Å². The molecule has 2 heterocycles. The Morgan fingerprint density at radius 2 is 1.92 bits per heavy atom. The van der Waals surface area contributed by atoms with E-state index in [0.29, 0.717) is 6.42 Å². The number of ether oxygens (including phenoxy) is 1. The molecular weight excluding hydrogens is 510 g/mol. The van der Waals surface area contributed by atoms with Crippen molar-refractivity contribution in [3.8, 4) is 0 Å². The fourth-order valence-corrected chi connectivity index (χ4v) is 5.89. The number of nitrogens with zero attached hydrogens (tertiary/aromatic N) is 1. The van der Waals surface area contributed by atoms with Gasteiger partial charge in [0.2, 0.25) is 0 Å². The fraction of sp³-hybridized carbons (Fsp3) is 0.719. The second kappa shape index (κ2) is 15.8. The van der Waals surface area contributed by atoms with Gasteiger partial charge in [-0.15, -0.1) is 11.3 Å². The zero-order chi connectivity index (χ0) is 29.2. The molecule has 7 heteroatoms. The summed E-state index contributed by atoms with van der Waals surface area (Å²) < 4.78 is 5.95. The lowest BCUT2D eigenvalue weighted by Gasteiger charge is -2.34. The van der Waals surface area contributed by atoms with E-state index in [2.05, 4.69) is 18.0 Å². The zero-order valence-electron chi connectivity index (χ0n) is 25.2. The highest BCUT2D eigenvalue weighted by atomic mass is 32.1. The van der Waals surface area contributed by atoms with Crippen molar-refractivity contribution in [2.45, 2.75) is 131 Å². The van der Waals surface area contributed by atoms with E-state index in [1.165, 1.54) is 24.8 Å². The molecule has 1 aliphatic rings. The molecule has 1 aromatic rings. The highest BCUT2D eigenvalue weighted by Gasteiger charge is 2.42. The topological polar surface area (TPSA) is 96.7 Å². The molecule has 2 unspecified atom stereocenters. The molecule has 0 radical (unpaired) electrons. The molecule has 220 valence electrons. The summed E-state index contributed by atoms with van der Waals surface area (Å²) >= 11 is 1.58. The van der Waals surface area contributed by atoms with E-state index in [-0.39, 0.29) is 18.1 Å². The number of unbranched alkanes of at least 4 members (excludes halogenated alkanes) is 3. The summed E-state index contributed by atoms with van der Waals surface area (Å²) in [4.78, 5) is 30.9. The molecule has 0 bridgehead atoms. The molecule has 6 nitrogen and oxygen atoms in total. The Morgan fingerprint density at radius 1 is 1.21 bits per heavy atom. The number of esters is 1. The van der Waals surface area contributed by atoms with Gasteiger partial charge in [-0.1, -0.05) is 65.5 Å². The van der Waals surface area contributed by atoms with Crippen LogP contribution in [-0.2, 0) is 14.3 Å². The minimum Gasteiger partial charge on any atom is -0.457 e. The fourth-order valence-electron chi connectivity index (χ4n) is 5.32. The van der Waals surface area contributed by atoms with Gasteiger partial charge in [0.25, 0.3) is 0 Å². The number of aliphatic hydroxyl groups excluding tert-OH is 2. The number of aliphatic hydroxyl groups is 2. The standard InChI is InChI=1S/C32H51NO5S/c1-8-9-10-11-14-25-15-12-13-21(2)30(36)23(4)31(37)32(6,7)28(34)19-29(35)38-27(17-16-25)22(3)18-26-20-39-24(5)33-26/h16,18,20-21,23,27-28,30,34,36H,8-15,17,19H2,1-7H3/b22-18-,25-16-/t21-,23+,27?,28?,30-/m0/s1. The number of hydrogen-bond donors (Lipinski definition) is 2. The predicted molar refractivity (Wildman–Crippen MR) is 159 cm³/mol. The maximum atomic E-state index is 13.3. The molecular formula is C32H51NO5S. The second-order valence-electron chi connectivity index (χ2n) is 12.0. The first kappa shape index (κ1) is 33.4. The highest BCUT2D eigenvalue weighted by Crippen LogP contribution is 2.33. The van der Waals surface area contributed by atoms with E-state index in [0.717, 1.165) is 48.4 Å². The predicted octanol–water partition coefficient (Wildman–Crippen LogP) is 7.22. The van der Waals surface area contributed by atoms with Crippen molar-refractivity contribution in [2.75, 3.05) is 0 Å². The molecule has 2 rings (SSSR count). The van der Waals surface area contributed by atoms with Crippen molar-refractivity contribution < 1.29 is 24.5 Å². The third-order valence-corrected chi connectivity index (χ3v) is 9.05. The maximum absolute atomic E-state index is 13.3. The van der Waals surface area contributed by atoms with E-state index >= 15 is 0 Å². The number of ketones is 1. The van der Waals surface area contributed by atoms with Crippen LogP contribution in [0.2, 0.25) is 0 Å². The Balaban J connectivity index is 2.38. The molecule has 0 saturated carbocycles. The Labute approximate surface area is 240 Å². The van der Waals surface area contributed by atoms with Gasteiger partial charge in [-0.2, -0.15) is 0 Å². The Morgan fingerprint density at radius 3 is 2.56 bits per heavy atom. The molecule has 0 fully saturated rings. The summed E-state index contributed by atoms with van der Waals surface area (Å²) in [6.45, 7) is 13.1. The van der Waals surface area contributed by atoms with Crippen molar-refractivity contribution in [3.63, 3.8) is 0 Å². The number of aryl methyl sites for hydroxylation is 1.